The van der Waals surface area contributed by atoms with Gasteiger partial charge in [-0.15, -0.1) is 11.3 Å². The SMILES string of the molecule is OCc1ccc2ccsc2n1. The van der Waals surface area contributed by atoms with Crippen molar-refractivity contribution >= 4 is 21.6 Å². The highest BCUT2D eigenvalue weighted by Crippen LogP contribution is 2.18. The fraction of sp³-hybridized carbons (Fsp3) is 0.125. The van der Waals surface area contributed by atoms with Gasteiger partial charge in [-0.25, -0.2) is 4.98 Å². The Morgan fingerprint density at radius 1 is 1.36 bits per heavy atom. The van der Waals surface area contributed by atoms with Crippen molar-refractivity contribution in [2.45, 2.75) is 6.61 Å². The van der Waals surface area contributed by atoms with Gasteiger partial charge in [0.25, 0.3) is 0 Å². The molecule has 0 saturated heterocycles. The van der Waals surface area contributed by atoms with Crippen LogP contribution in [-0.2, 0) is 6.61 Å². The Labute approximate surface area is 68.1 Å². The van der Waals surface area contributed by atoms with Gasteiger partial charge in [-0.1, -0.05) is 6.07 Å². The Bertz CT molecular complexity index is 369. The summed E-state index contributed by atoms with van der Waals surface area (Å²) in [4.78, 5) is 5.22. The van der Waals surface area contributed by atoms with Crippen LogP contribution in [0.25, 0.3) is 10.2 Å². The number of nitrogens with zero attached hydrogens (tertiary/aromatic N) is 1. The molecular weight excluding hydrogens is 158 g/mol. The molecule has 0 spiro atoms. The van der Waals surface area contributed by atoms with E-state index in [2.05, 4.69) is 4.98 Å². The predicted octanol–water partition coefficient (Wildman–Crippen LogP) is 1.79. The second kappa shape index (κ2) is 2.60. The van der Waals surface area contributed by atoms with Gasteiger partial charge in [0.1, 0.15) is 4.83 Å². The number of aliphatic hydroxyl groups is 1. The van der Waals surface area contributed by atoms with E-state index in [1.165, 1.54) is 0 Å². The minimum atomic E-state index is 0.0217. The number of aromatic nitrogens is 1. The van der Waals surface area contributed by atoms with E-state index in [0.29, 0.717) is 0 Å². The first-order valence-electron chi connectivity index (χ1n) is 3.34. The van der Waals surface area contributed by atoms with Crippen molar-refractivity contribution in [3.63, 3.8) is 0 Å². The zero-order valence-corrected chi connectivity index (χ0v) is 6.64. The third-order valence-electron chi connectivity index (χ3n) is 1.54. The highest BCUT2D eigenvalue weighted by Gasteiger charge is 1.96. The molecule has 2 rings (SSSR count). The highest BCUT2D eigenvalue weighted by molar-refractivity contribution is 7.16. The van der Waals surface area contributed by atoms with E-state index >= 15 is 0 Å². The summed E-state index contributed by atoms with van der Waals surface area (Å²) in [6, 6.07) is 5.84. The second-order valence-electron chi connectivity index (χ2n) is 2.28. The fourth-order valence-electron chi connectivity index (χ4n) is 0.971. The number of aliphatic hydroxyl groups excluding tert-OH is 1. The predicted molar refractivity (Wildman–Crippen MR) is 45.5 cm³/mol. The molecule has 0 fully saturated rings. The lowest BCUT2D eigenvalue weighted by Gasteiger charge is -1.93. The fourth-order valence-corrected chi connectivity index (χ4v) is 1.76. The molecule has 0 radical (unpaired) electrons. The van der Waals surface area contributed by atoms with Gasteiger partial charge >= 0.3 is 0 Å². The average Bonchev–Trinajstić information content (AvgIpc) is 2.50. The molecule has 0 unspecified atom stereocenters. The van der Waals surface area contributed by atoms with Gasteiger partial charge < -0.3 is 5.11 Å². The van der Waals surface area contributed by atoms with E-state index in [-0.39, 0.29) is 6.61 Å². The molecule has 1 N–H and O–H groups in total. The topological polar surface area (TPSA) is 33.1 Å². The zero-order valence-electron chi connectivity index (χ0n) is 5.82. The van der Waals surface area contributed by atoms with Crippen molar-refractivity contribution in [2.75, 3.05) is 0 Å². The molecule has 0 amide bonds. The summed E-state index contributed by atoms with van der Waals surface area (Å²) in [6.45, 7) is 0.0217. The van der Waals surface area contributed by atoms with Gasteiger partial charge in [0.15, 0.2) is 0 Å². The third-order valence-corrected chi connectivity index (χ3v) is 2.36. The van der Waals surface area contributed by atoms with Gasteiger partial charge in [-0.2, -0.15) is 0 Å². The van der Waals surface area contributed by atoms with Crippen molar-refractivity contribution < 1.29 is 5.11 Å². The van der Waals surface area contributed by atoms with Crippen LogP contribution in [0.2, 0.25) is 0 Å². The summed E-state index contributed by atoms with van der Waals surface area (Å²) in [5, 5.41) is 11.9. The summed E-state index contributed by atoms with van der Waals surface area (Å²) in [5.41, 5.74) is 0.736. The monoisotopic (exact) mass is 165 g/mol. The zero-order chi connectivity index (χ0) is 7.68. The molecule has 2 aromatic heterocycles. The number of thiophene rings is 1. The first-order chi connectivity index (χ1) is 5.40. The van der Waals surface area contributed by atoms with Crippen LogP contribution in [0, 0.1) is 0 Å². The molecule has 2 heterocycles. The summed E-state index contributed by atoms with van der Waals surface area (Å²) in [5.74, 6) is 0. The molecule has 0 saturated carbocycles. The lowest BCUT2D eigenvalue weighted by atomic mass is 10.3. The number of fused-ring (bicyclic) bond motifs is 1. The molecule has 0 aliphatic carbocycles. The van der Waals surface area contributed by atoms with Crippen LogP contribution in [-0.4, -0.2) is 10.1 Å². The number of rotatable bonds is 1. The normalized spacial score (nSPS) is 10.6. The van der Waals surface area contributed by atoms with Gasteiger partial charge in [0.2, 0.25) is 0 Å². The first-order valence-corrected chi connectivity index (χ1v) is 4.22. The van der Waals surface area contributed by atoms with Gasteiger partial charge in [-0.3, -0.25) is 0 Å². The van der Waals surface area contributed by atoms with E-state index < -0.39 is 0 Å². The number of pyridine rings is 1. The molecular formula is C8H7NOS. The lowest BCUT2D eigenvalue weighted by Crippen LogP contribution is -1.85. The molecule has 0 aromatic carbocycles. The largest absolute Gasteiger partial charge is 0.390 e. The Morgan fingerprint density at radius 3 is 3.09 bits per heavy atom. The van der Waals surface area contributed by atoms with E-state index in [1.54, 1.807) is 11.3 Å². The maximum absolute atomic E-state index is 8.78. The number of hydrogen-bond acceptors (Lipinski definition) is 3. The standard InChI is InChI=1S/C8H7NOS/c10-5-7-2-1-6-3-4-11-8(6)9-7/h1-4,10H,5H2. The van der Waals surface area contributed by atoms with E-state index in [1.807, 2.05) is 23.6 Å². The molecule has 2 nitrogen and oxygen atoms in total. The van der Waals surface area contributed by atoms with Crippen LogP contribution in [0.5, 0.6) is 0 Å². The smallest absolute Gasteiger partial charge is 0.123 e. The van der Waals surface area contributed by atoms with Crippen molar-refractivity contribution in [2.24, 2.45) is 0 Å². The third kappa shape index (κ3) is 1.13. The molecule has 3 heteroatoms. The minimum Gasteiger partial charge on any atom is -0.390 e. The van der Waals surface area contributed by atoms with E-state index in [0.717, 1.165) is 15.9 Å². The van der Waals surface area contributed by atoms with Crippen LogP contribution in [0.4, 0.5) is 0 Å². The Kier molecular flexibility index (Phi) is 1.60. The van der Waals surface area contributed by atoms with Crippen molar-refractivity contribution in [3.05, 3.63) is 29.3 Å². The Morgan fingerprint density at radius 2 is 2.27 bits per heavy atom. The maximum atomic E-state index is 8.78. The minimum absolute atomic E-state index is 0.0217. The Balaban J connectivity index is 2.67. The molecule has 0 aliphatic rings. The van der Waals surface area contributed by atoms with E-state index in [9.17, 15) is 0 Å². The molecule has 2 aromatic rings. The summed E-state index contributed by atoms with van der Waals surface area (Å²) in [6.07, 6.45) is 0. The first kappa shape index (κ1) is 6.76. The number of hydrogen-bond donors (Lipinski definition) is 1. The van der Waals surface area contributed by atoms with Crippen LogP contribution in [0.3, 0.4) is 0 Å². The quantitative estimate of drug-likeness (QED) is 0.698. The molecule has 56 valence electrons. The van der Waals surface area contributed by atoms with Crippen LogP contribution in [0.15, 0.2) is 23.6 Å². The van der Waals surface area contributed by atoms with Gasteiger partial charge in [0.05, 0.1) is 12.3 Å². The van der Waals surface area contributed by atoms with Crippen molar-refractivity contribution in [1.29, 1.82) is 0 Å². The second-order valence-corrected chi connectivity index (χ2v) is 3.17. The maximum Gasteiger partial charge on any atom is 0.123 e. The van der Waals surface area contributed by atoms with Crippen molar-refractivity contribution in [3.8, 4) is 0 Å². The summed E-state index contributed by atoms with van der Waals surface area (Å²) in [7, 11) is 0. The van der Waals surface area contributed by atoms with E-state index in [4.69, 9.17) is 5.11 Å². The average molecular weight is 165 g/mol. The van der Waals surface area contributed by atoms with Gasteiger partial charge in [-0.05, 0) is 17.5 Å². The van der Waals surface area contributed by atoms with Crippen molar-refractivity contribution in [1.82, 2.24) is 4.98 Å². The summed E-state index contributed by atoms with van der Waals surface area (Å²) >= 11 is 1.59. The molecule has 0 bridgehead atoms. The molecule has 0 atom stereocenters. The Hall–Kier alpha value is -0.930. The molecule has 11 heavy (non-hydrogen) atoms. The van der Waals surface area contributed by atoms with Crippen LogP contribution < -0.4 is 0 Å². The molecule has 0 aliphatic heterocycles. The highest BCUT2D eigenvalue weighted by atomic mass is 32.1. The van der Waals surface area contributed by atoms with Crippen LogP contribution in [0.1, 0.15) is 5.69 Å². The lowest BCUT2D eigenvalue weighted by molar-refractivity contribution is 0.277. The van der Waals surface area contributed by atoms with Gasteiger partial charge in [0, 0.05) is 5.39 Å². The van der Waals surface area contributed by atoms with Crippen LogP contribution >= 0.6 is 11.3 Å². The summed E-state index contributed by atoms with van der Waals surface area (Å²) < 4.78 is 0.